The van der Waals surface area contributed by atoms with Gasteiger partial charge in [-0.2, -0.15) is 0 Å². The molecule has 1 aliphatic rings. The highest BCUT2D eigenvalue weighted by molar-refractivity contribution is 6.51. The minimum atomic E-state index is -0.833. The number of nitrogens with zero attached hydrogens (tertiary/aromatic N) is 2. The predicted octanol–water partition coefficient (Wildman–Crippen LogP) is 5.34. The number of H-pyrrole nitrogens is 1. The van der Waals surface area contributed by atoms with Crippen LogP contribution in [0.2, 0.25) is 0 Å². The molecule has 2 N–H and O–H groups in total. The molecule has 0 spiro atoms. The molecule has 4 aromatic carbocycles. The highest BCUT2D eigenvalue weighted by Gasteiger charge is 2.48. The van der Waals surface area contributed by atoms with E-state index in [0.29, 0.717) is 16.6 Å². The first kappa shape index (κ1) is 19.9. The van der Waals surface area contributed by atoms with E-state index in [0.717, 1.165) is 16.3 Å². The number of rotatable bonds is 3. The Morgan fingerprint density at radius 3 is 2.35 bits per heavy atom. The molecule has 1 amide bonds. The number of hydrogen-bond acceptors (Lipinski definition) is 4. The molecule has 1 atom stereocenters. The highest BCUT2D eigenvalue weighted by atomic mass is 16.3. The molecule has 34 heavy (non-hydrogen) atoms. The first-order valence-corrected chi connectivity index (χ1v) is 10.9. The van der Waals surface area contributed by atoms with Crippen LogP contribution in [0.25, 0.3) is 27.6 Å². The van der Waals surface area contributed by atoms with E-state index in [4.69, 9.17) is 0 Å². The van der Waals surface area contributed by atoms with Crippen LogP contribution in [0.3, 0.4) is 0 Å². The van der Waals surface area contributed by atoms with Crippen LogP contribution in [0.5, 0.6) is 0 Å². The summed E-state index contributed by atoms with van der Waals surface area (Å²) in [6.07, 6.45) is 0. The van der Waals surface area contributed by atoms with Gasteiger partial charge in [0.15, 0.2) is 0 Å². The van der Waals surface area contributed by atoms with Crippen molar-refractivity contribution in [2.75, 3.05) is 4.90 Å². The summed E-state index contributed by atoms with van der Waals surface area (Å²) in [5, 5.41) is 13.2. The topological polar surface area (TPSA) is 86.3 Å². The fourth-order valence-electron chi connectivity index (χ4n) is 4.63. The number of imidazole rings is 1. The molecular formula is C28H19N3O3. The first-order chi connectivity index (χ1) is 16.6. The zero-order valence-electron chi connectivity index (χ0n) is 18.0. The quantitative estimate of drug-likeness (QED) is 0.223. The van der Waals surface area contributed by atoms with Gasteiger partial charge in [0, 0.05) is 5.56 Å². The molecule has 1 saturated heterocycles. The summed E-state index contributed by atoms with van der Waals surface area (Å²) in [4.78, 5) is 35.8. The summed E-state index contributed by atoms with van der Waals surface area (Å²) in [6, 6.07) is 28.9. The van der Waals surface area contributed by atoms with Crippen LogP contribution in [0.1, 0.15) is 17.2 Å². The summed E-state index contributed by atoms with van der Waals surface area (Å²) in [6.45, 7) is 0. The van der Waals surface area contributed by atoms with Crippen molar-refractivity contribution in [1.29, 1.82) is 0 Å². The number of aromatic nitrogens is 2. The van der Waals surface area contributed by atoms with E-state index < -0.39 is 17.7 Å². The van der Waals surface area contributed by atoms with Crippen LogP contribution in [-0.4, -0.2) is 26.8 Å². The largest absolute Gasteiger partial charge is 0.507 e. The number of hydrogen-bond donors (Lipinski definition) is 2. The standard InChI is InChI=1S/C28H19N3O3/c32-25(20-14-8-12-17-9-4-5-13-19(17)20)23-24(18-10-2-1-3-11-18)31(27(34)26(23)33)28-29-21-15-6-7-16-22(21)30-28/h1-16,24,32H,(H,29,30)/b25-23+. The number of benzene rings is 4. The molecule has 2 heterocycles. The molecular weight excluding hydrogens is 426 g/mol. The number of carbonyl (C=O) groups is 2. The van der Waals surface area contributed by atoms with Crippen molar-refractivity contribution in [3.63, 3.8) is 0 Å². The third kappa shape index (κ3) is 3.00. The molecule has 0 bridgehead atoms. The summed E-state index contributed by atoms with van der Waals surface area (Å²) in [7, 11) is 0. The fraction of sp³-hybridized carbons (Fsp3) is 0.0357. The molecule has 1 fully saturated rings. The van der Waals surface area contributed by atoms with E-state index in [9.17, 15) is 14.7 Å². The van der Waals surface area contributed by atoms with Gasteiger partial charge >= 0.3 is 5.91 Å². The lowest BCUT2D eigenvalue weighted by Gasteiger charge is -2.23. The van der Waals surface area contributed by atoms with Crippen molar-refractivity contribution in [2.45, 2.75) is 6.04 Å². The first-order valence-electron chi connectivity index (χ1n) is 10.9. The number of ketones is 1. The van der Waals surface area contributed by atoms with E-state index in [1.165, 1.54) is 4.90 Å². The van der Waals surface area contributed by atoms with Crippen LogP contribution in [0, 0.1) is 0 Å². The number of anilines is 1. The number of aliphatic hydroxyl groups is 1. The third-order valence-electron chi connectivity index (χ3n) is 6.21. The smallest absolute Gasteiger partial charge is 0.302 e. The number of Topliss-reactive ketones (excluding diaryl/α,β-unsaturated/α-hetero) is 1. The maximum Gasteiger partial charge on any atom is 0.302 e. The number of aliphatic hydroxyl groups excluding tert-OH is 1. The van der Waals surface area contributed by atoms with Gasteiger partial charge in [-0.15, -0.1) is 0 Å². The Hall–Kier alpha value is -4.71. The molecule has 164 valence electrons. The van der Waals surface area contributed by atoms with Gasteiger partial charge in [0.05, 0.1) is 22.6 Å². The van der Waals surface area contributed by atoms with E-state index >= 15 is 0 Å². The molecule has 6 nitrogen and oxygen atoms in total. The van der Waals surface area contributed by atoms with Crippen LogP contribution >= 0.6 is 0 Å². The van der Waals surface area contributed by atoms with Gasteiger partial charge in [0.1, 0.15) is 5.76 Å². The lowest BCUT2D eigenvalue weighted by molar-refractivity contribution is -0.132. The van der Waals surface area contributed by atoms with Crippen molar-refractivity contribution in [1.82, 2.24) is 9.97 Å². The van der Waals surface area contributed by atoms with Crippen molar-refractivity contribution in [3.05, 3.63) is 114 Å². The van der Waals surface area contributed by atoms with Crippen molar-refractivity contribution < 1.29 is 14.7 Å². The lowest BCUT2D eigenvalue weighted by atomic mass is 9.93. The van der Waals surface area contributed by atoms with Crippen LogP contribution in [-0.2, 0) is 9.59 Å². The number of amides is 1. The lowest BCUT2D eigenvalue weighted by Crippen LogP contribution is -2.30. The van der Waals surface area contributed by atoms with Gasteiger partial charge in [-0.3, -0.25) is 14.5 Å². The molecule has 6 heteroatoms. The molecule has 1 aromatic heterocycles. The fourth-order valence-corrected chi connectivity index (χ4v) is 4.63. The monoisotopic (exact) mass is 445 g/mol. The zero-order valence-corrected chi connectivity index (χ0v) is 18.0. The average molecular weight is 445 g/mol. The maximum absolute atomic E-state index is 13.4. The van der Waals surface area contributed by atoms with E-state index in [1.54, 1.807) is 6.07 Å². The Bertz CT molecular complexity index is 1580. The van der Waals surface area contributed by atoms with Crippen molar-refractivity contribution in [3.8, 4) is 0 Å². The van der Waals surface area contributed by atoms with Crippen molar-refractivity contribution >= 4 is 45.2 Å². The Labute approximate surface area is 194 Å². The Morgan fingerprint density at radius 2 is 1.53 bits per heavy atom. The van der Waals surface area contributed by atoms with E-state index in [1.807, 2.05) is 91.0 Å². The second kappa shape index (κ2) is 7.71. The van der Waals surface area contributed by atoms with Gasteiger partial charge in [0.2, 0.25) is 5.95 Å². The van der Waals surface area contributed by atoms with Crippen LogP contribution in [0.15, 0.2) is 103 Å². The van der Waals surface area contributed by atoms with Crippen molar-refractivity contribution in [2.24, 2.45) is 0 Å². The zero-order chi connectivity index (χ0) is 23.2. The molecule has 6 rings (SSSR count). The predicted molar refractivity (Wildman–Crippen MR) is 131 cm³/mol. The number of carbonyl (C=O) groups excluding carboxylic acids is 2. The second-order valence-electron chi connectivity index (χ2n) is 8.18. The molecule has 0 radical (unpaired) electrons. The van der Waals surface area contributed by atoms with E-state index in [-0.39, 0.29) is 17.3 Å². The average Bonchev–Trinajstić information content (AvgIpc) is 3.42. The molecule has 5 aromatic rings. The Balaban J connectivity index is 1.61. The molecule has 1 aliphatic heterocycles. The molecule has 1 unspecified atom stereocenters. The highest BCUT2D eigenvalue weighted by Crippen LogP contribution is 2.42. The number of nitrogens with one attached hydrogen (secondary N) is 1. The number of fused-ring (bicyclic) bond motifs is 2. The third-order valence-corrected chi connectivity index (χ3v) is 6.21. The minimum absolute atomic E-state index is 0.0352. The SMILES string of the molecule is O=C1C(=O)N(c2nc3ccccc3[nH]2)C(c2ccccc2)/C1=C(\O)c1cccc2ccccc12. The summed E-state index contributed by atoms with van der Waals surface area (Å²) < 4.78 is 0. The van der Waals surface area contributed by atoms with E-state index in [2.05, 4.69) is 9.97 Å². The minimum Gasteiger partial charge on any atom is -0.507 e. The summed E-state index contributed by atoms with van der Waals surface area (Å²) in [5.41, 5.74) is 2.67. The van der Waals surface area contributed by atoms with Crippen LogP contribution < -0.4 is 4.90 Å². The summed E-state index contributed by atoms with van der Waals surface area (Å²) >= 11 is 0. The Morgan fingerprint density at radius 1 is 0.824 bits per heavy atom. The number of para-hydroxylation sites is 2. The van der Waals surface area contributed by atoms with Gasteiger partial charge < -0.3 is 10.1 Å². The van der Waals surface area contributed by atoms with Gasteiger partial charge in [-0.25, -0.2) is 4.98 Å². The molecule has 0 saturated carbocycles. The molecule has 0 aliphatic carbocycles. The van der Waals surface area contributed by atoms with Gasteiger partial charge in [0.25, 0.3) is 5.78 Å². The summed E-state index contributed by atoms with van der Waals surface area (Å²) in [5.74, 6) is -1.44. The Kier molecular flexibility index (Phi) is 4.52. The van der Waals surface area contributed by atoms with Gasteiger partial charge in [-0.05, 0) is 28.5 Å². The second-order valence-corrected chi connectivity index (χ2v) is 8.18. The van der Waals surface area contributed by atoms with Crippen LogP contribution in [0.4, 0.5) is 5.95 Å². The normalized spacial score (nSPS) is 17.6. The maximum atomic E-state index is 13.4. The van der Waals surface area contributed by atoms with Gasteiger partial charge in [-0.1, -0.05) is 84.9 Å². The number of aromatic amines is 1.